The van der Waals surface area contributed by atoms with E-state index in [1.54, 1.807) is 0 Å². The van der Waals surface area contributed by atoms with E-state index in [1.807, 2.05) is 0 Å². The van der Waals surface area contributed by atoms with E-state index >= 15 is 0 Å². The molecule has 0 aromatic rings. The van der Waals surface area contributed by atoms with Gasteiger partial charge in [0.05, 0.1) is 0 Å². The molecule has 0 spiro atoms. The van der Waals surface area contributed by atoms with Crippen LogP contribution in [0.4, 0.5) is 10.5 Å². The summed E-state index contributed by atoms with van der Waals surface area (Å²) >= 11 is -7.18. The molecule has 0 aliphatic carbocycles. The first-order valence-electron chi connectivity index (χ1n) is 0.756. The first-order valence-corrected chi connectivity index (χ1v) is 4.47. The van der Waals surface area contributed by atoms with Crippen LogP contribution in [0.3, 0.4) is 0 Å². The van der Waals surface area contributed by atoms with Gasteiger partial charge in [-0.05, 0) is 0 Å². The Hall–Kier alpha value is 2.24. The number of hydrogen-bond donors (Lipinski definition) is 0. The van der Waals surface area contributed by atoms with Gasteiger partial charge in [0.25, 0.3) is 0 Å². The molecule has 0 saturated heterocycles. The third kappa shape index (κ3) is 34.2. The van der Waals surface area contributed by atoms with E-state index in [9.17, 15) is 10.5 Å². The zero-order valence-electron chi connectivity index (χ0n) is 2.01. The molecule has 0 heterocycles. The molecule has 0 amide bonds. The van der Waals surface area contributed by atoms with Gasteiger partial charge in [-0.15, -0.1) is 0 Å². The summed E-state index contributed by atoms with van der Waals surface area (Å²) in [7, 11) is 0. The van der Waals surface area contributed by atoms with Crippen molar-refractivity contribution < 1.29 is 33.2 Å². The Morgan fingerprint density at radius 1 is 0.833 bits per heavy atom. The molecule has 0 N–H and O–H groups in total. The van der Waals surface area contributed by atoms with E-state index in [0.29, 0.717) is 0 Å². The monoisotopic (exact) mass is 206 g/mol. The van der Waals surface area contributed by atoms with E-state index < -0.39 is 22.7 Å². The Kier molecular flexibility index (Phi) is 7.67. The molecular weight excluding hydrogens is 206 g/mol. The van der Waals surface area contributed by atoms with Crippen molar-refractivity contribution in [3.8, 4) is 0 Å². The van der Waals surface area contributed by atoms with Crippen molar-refractivity contribution >= 4 is 51.4 Å². The van der Waals surface area contributed by atoms with Crippen LogP contribution in [-0.2, 0) is 22.7 Å². The van der Waals surface area contributed by atoms with Crippen LogP contribution >= 0.6 is 0 Å². The Morgan fingerprint density at radius 3 is 0.833 bits per heavy atom. The second-order valence-electron chi connectivity index (χ2n) is 0.429. The van der Waals surface area contributed by atoms with Crippen LogP contribution in [0.2, 0.25) is 0 Å². The van der Waals surface area contributed by atoms with Crippen molar-refractivity contribution in [2.24, 2.45) is 0 Å². The molecule has 0 fully saturated rings. The summed E-state index contributed by atoms with van der Waals surface area (Å²) in [5.41, 5.74) is 0. The molecule has 6 heteroatoms. The van der Waals surface area contributed by atoms with Crippen molar-refractivity contribution in [3.63, 3.8) is 0 Å². The fourth-order valence-electron chi connectivity index (χ4n) is 0. The maximum absolute atomic E-state index is 9.90. The molecule has 6 heavy (non-hydrogen) atoms. The quantitative estimate of drug-likeness (QED) is 0.411. The van der Waals surface area contributed by atoms with Crippen molar-refractivity contribution in [1.82, 2.24) is 0 Å². The van der Waals surface area contributed by atoms with Crippen molar-refractivity contribution in [2.45, 2.75) is 0 Å². The molecule has 0 aromatic heterocycles. The predicted molar refractivity (Wildman–Crippen MR) is 11.6 cm³/mol. The van der Waals surface area contributed by atoms with Gasteiger partial charge in [0.15, 0.2) is 0 Å². The van der Waals surface area contributed by atoms with Crippen molar-refractivity contribution in [3.05, 3.63) is 0 Å². The van der Waals surface area contributed by atoms with E-state index in [2.05, 4.69) is 0 Å². The minimum absolute atomic E-state index is 0. The molecule has 0 nitrogen and oxygen atoms in total. The van der Waals surface area contributed by atoms with Gasteiger partial charge in [0.2, 0.25) is 0 Å². The second kappa shape index (κ2) is 4.15. The zero-order chi connectivity index (χ0) is 4.50. The normalized spacial score (nSPS) is 10.0. The van der Waals surface area contributed by atoms with Gasteiger partial charge in [0, 0.05) is 0 Å². The molecule has 0 aromatic carbocycles. The standard InChI is InChI=1S/4FH.K.Zr.H/h4*1H;;;/q;;;;;+4;/p-4. The van der Waals surface area contributed by atoms with Crippen molar-refractivity contribution in [2.75, 3.05) is 0 Å². The van der Waals surface area contributed by atoms with E-state index in [0.717, 1.165) is 0 Å². The SMILES string of the molecule is [F][Zr]([F])([F])[F].[KH]. The van der Waals surface area contributed by atoms with Gasteiger partial charge in [0.1, 0.15) is 0 Å². The van der Waals surface area contributed by atoms with Crippen LogP contribution in [0.5, 0.6) is 0 Å². The molecule has 0 atom stereocenters. The van der Waals surface area contributed by atoms with Gasteiger partial charge < -0.3 is 0 Å². The third-order valence-corrected chi connectivity index (χ3v) is 0. The second-order valence-corrected chi connectivity index (χ2v) is 2.54. The van der Waals surface area contributed by atoms with E-state index in [4.69, 9.17) is 0 Å². The third-order valence-electron chi connectivity index (χ3n) is 0. The van der Waals surface area contributed by atoms with Crippen LogP contribution in [0.1, 0.15) is 0 Å². The summed E-state index contributed by atoms with van der Waals surface area (Å²) in [6, 6.07) is 0. The summed E-state index contributed by atoms with van der Waals surface area (Å²) in [5.74, 6) is 0. The fraction of sp³-hybridized carbons (Fsp3) is 0. The summed E-state index contributed by atoms with van der Waals surface area (Å²) in [6.07, 6.45) is 0. The summed E-state index contributed by atoms with van der Waals surface area (Å²) in [5, 5.41) is 0. The average molecular weight is 207 g/mol. The topological polar surface area (TPSA) is 0 Å². The Balaban J connectivity index is 0. The Labute approximate surface area is 82.6 Å². The summed E-state index contributed by atoms with van der Waals surface area (Å²) in [4.78, 5) is 0. The van der Waals surface area contributed by atoms with Crippen LogP contribution in [0.25, 0.3) is 0 Å². The average Bonchev–Trinajstić information content (AvgIpc) is 0.722. The van der Waals surface area contributed by atoms with E-state index in [1.165, 1.54) is 0 Å². The molecule has 0 unspecified atom stereocenters. The Bertz CT molecular complexity index is 23.0. The molecule has 0 saturated carbocycles. The molecular formula is HF4KZr. The molecule has 0 radical (unpaired) electrons. The van der Waals surface area contributed by atoms with Crippen LogP contribution in [0, 0.1) is 0 Å². The van der Waals surface area contributed by atoms with Crippen LogP contribution in [0.15, 0.2) is 0 Å². The summed E-state index contributed by atoms with van der Waals surface area (Å²) < 4.78 is 39.6. The van der Waals surface area contributed by atoms with Gasteiger partial charge in [-0.3, -0.25) is 0 Å². The Morgan fingerprint density at radius 2 is 0.833 bits per heavy atom. The number of rotatable bonds is 0. The van der Waals surface area contributed by atoms with Crippen LogP contribution in [-0.4, -0.2) is 51.4 Å². The first-order chi connectivity index (χ1) is 2.00. The molecule has 0 aliphatic rings. The van der Waals surface area contributed by atoms with Gasteiger partial charge >= 0.3 is 84.6 Å². The number of halogens is 4. The maximum atomic E-state index is 9.90. The summed E-state index contributed by atoms with van der Waals surface area (Å²) in [6.45, 7) is 0. The first kappa shape index (κ1) is 11.1. The molecule has 0 rings (SSSR count). The molecule has 0 aliphatic heterocycles. The van der Waals surface area contributed by atoms with Gasteiger partial charge in [-0.25, -0.2) is 0 Å². The number of hydrogen-bond acceptors (Lipinski definition) is 0. The molecule has 0 bridgehead atoms. The zero-order valence-corrected chi connectivity index (χ0v) is 4.47. The minimum atomic E-state index is -7.18. The van der Waals surface area contributed by atoms with E-state index in [-0.39, 0.29) is 51.4 Å². The van der Waals surface area contributed by atoms with Crippen LogP contribution < -0.4 is 0 Å². The van der Waals surface area contributed by atoms with Crippen molar-refractivity contribution in [1.29, 1.82) is 0 Å². The fourth-order valence-corrected chi connectivity index (χ4v) is 0. The van der Waals surface area contributed by atoms with Gasteiger partial charge in [-0.1, -0.05) is 0 Å². The molecule has 34 valence electrons. The predicted octanol–water partition coefficient (Wildman–Crippen LogP) is 1.03. The van der Waals surface area contributed by atoms with Gasteiger partial charge in [-0.2, -0.15) is 0 Å².